The van der Waals surface area contributed by atoms with Crippen LogP contribution in [-0.4, -0.2) is 31.7 Å². The molecule has 4 heteroatoms. The van der Waals surface area contributed by atoms with E-state index in [2.05, 4.69) is 19.2 Å². The van der Waals surface area contributed by atoms with Crippen molar-refractivity contribution in [2.45, 2.75) is 70.9 Å². The molecule has 1 fully saturated rings. The first-order chi connectivity index (χ1) is 8.67. The molecular formula is C14H27F2NO. The summed E-state index contributed by atoms with van der Waals surface area (Å²) in [4.78, 5) is 0. The van der Waals surface area contributed by atoms with Crippen molar-refractivity contribution in [3.05, 3.63) is 0 Å². The van der Waals surface area contributed by atoms with Crippen molar-refractivity contribution in [2.24, 2.45) is 5.92 Å². The van der Waals surface area contributed by atoms with Crippen molar-refractivity contribution in [3.8, 4) is 0 Å². The zero-order chi connectivity index (χ0) is 13.4. The maximum absolute atomic E-state index is 12.3. The van der Waals surface area contributed by atoms with E-state index < -0.39 is 13.0 Å². The van der Waals surface area contributed by atoms with Gasteiger partial charge in [-0.15, -0.1) is 0 Å². The van der Waals surface area contributed by atoms with E-state index in [4.69, 9.17) is 4.74 Å². The number of hydrogen-bond acceptors (Lipinski definition) is 2. The summed E-state index contributed by atoms with van der Waals surface area (Å²) < 4.78 is 30.0. The Balaban J connectivity index is 2.43. The summed E-state index contributed by atoms with van der Waals surface area (Å²) in [6.45, 7) is 4.81. The van der Waals surface area contributed by atoms with E-state index in [1.165, 1.54) is 19.3 Å². The molecule has 0 saturated heterocycles. The van der Waals surface area contributed by atoms with Crippen LogP contribution >= 0.6 is 0 Å². The molecule has 18 heavy (non-hydrogen) atoms. The zero-order valence-corrected chi connectivity index (χ0v) is 11.6. The van der Waals surface area contributed by atoms with Gasteiger partial charge in [-0.2, -0.15) is 0 Å². The average molecular weight is 263 g/mol. The minimum Gasteiger partial charge on any atom is -0.371 e. The SMILES string of the molecule is CCCNC1CCC(CCC)CC1OCC(F)F. The molecule has 108 valence electrons. The summed E-state index contributed by atoms with van der Waals surface area (Å²) in [6.07, 6.45) is 4.22. The highest BCUT2D eigenvalue weighted by molar-refractivity contribution is 4.85. The Morgan fingerprint density at radius 1 is 1.22 bits per heavy atom. The first-order valence-electron chi connectivity index (χ1n) is 7.30. The van der Waals surface area contributed by atoms with E-state index >= 15 is 0 Å². The van der Waals surface area contributed by atoms with Gasteiger partial charge in [-0.1, -0.05) is 26.7 Å². The molecule has 3 unspecified atom stereocenters. The molecule has 0 aromatic carbocycles. The van der Waals surface area contributed by atoms with Crippen LogP contribution < -0.4 is 5.32 Å². The summed E-state index contributed by atoms with van der Waals surface area (Å²) in [5, 5.41) is 3.44. The third-order valence-corrected chi connectivity index (χ3v) is 3.69. The molecule has 2 nitrogen and oxygen atoms in total. The van der Waals surface area contributed by atoms with Crippen LogP contribution in [0.1, 0.15) is 52.4 Å². The molecule has 0 bridgehead atoms. The Kier molecular flexibility index (Phi) is 7.75. The maximum atomic E-state index is 12.3. The molecule has 1 rings (SSSR count). The highest BCUT2D eigenvalue weighted by Gasteiger charge is 2.30. The van der Waals surface area contributed by atoms with Crippen molar-refractivity contribution in [2.75, 3.05) is 13.2 Å². The van der Waals surface area contributed by atoms with Crippen molar-refractivity contribution in [3.63, 3.8) is 0 Å². The Bertz CT molecular complexity index is 214. The third-order valence-electron chi connectivity index (χ3n) is 3.69. The molecule has 0 radical (unpaired) electrons. The standard InChI is InChI=1S/C14H27F2NO/c1-3-5-11-6-7-12(17-8-4-2)13(9-11)18-10-14(15)16/h11-14,17H,3-10H2,1-2H3. The highest BCUT2D eigenvalue weighted by Crippen LogP contribution is 2.30. The Labute approximate surface area is 109 Å². The minimum absolute atomic E-state index is 0.0316. The molecule has 0 heterocycles. The molecule has 1 saturated carbocycles. The van der Waals surface area contributed by atoms with E-state index in [1.807, 2.05) is 0 Å². The van der Waals surface area contributed by atoms with Crippen LogP contribution in [-0.2, 0) is 4.74 Å². The number of alkyl halides is 2. The van der Waals surface area contributed by atoms with Crippen molar-refractivity contribution < 1.29 is 13.5 Å². The van der Waals surface area contributed by atoms with E-state index in [1.54, 1.807) is 0 Å². The summed E-state index contributed by atoms with van der Waals surface area (Å²) in [5.74, 6) is 0.650. The van der Waals surface area contributed by atoms with Crippen LogP contribution in [0.15, 0.2) is 0 Å². The van der Waals surface area contributed by atoms with E-state index in [9.17, 15) is 8.78 Å². The number of ether oxygens (including phenoxy) is 1. The molecule has 0 amide bonds. The highest BCUT2D eigenvalue weighted by atomic mass is 19.3. The van der Waals surface area contributed by atoms with Crippen LogP contribution in [0.2, 0.25) is 0 Å². The lowest BCUT2D eigenvalue weighted by Crippen LogP contribution is -2.46. The monoisotopic (exact) mass is 263 g/mol. The summed E-state index contributed by atoms with van der Waals surface area (Å²) in [5.41, 5.74) is 0. The van der Waals surface area contributed by atoms with Gasteiger partial charge in [-0.05, 0) is 38.1 Å². The Morgan fingerprint density at radius 2 is 2.00 bits per heavy atom. The van der Waals surface area contributed by atoms with Crippen LogP contribution in [0.25, 0.3) is 0 Å². The number of halogens is 2. The average Bonchev–Trinajstić information content (AvgIpc) is 2.35. The number of nitrogens with one attached hydrogen (secondary N) is 1. The van der Waals surface area contributed by atoms with Gasteiger partial charge in [-0.3, -0.25) is 0 Å². The molecule has 0 aromatic rings. The van der Waals surface area contributed by atoms with Gasteiger partial charge in [0.1, 0.15) is 6.61 Å². The van der Waals surface area contributed by atoms with Gasteiger partial charge in [0, 0.05) is 6.04 Å². The van der Waals surface area contributed by atoms with E-state index in [0.717, 1.165) is 25.8 Å². The quantitative estimate of drug-likeness (QED) is 0.722. The lowest BCUT2D eigenvalue weighted by molar-refractivity contribution is -0.0588. The van der Waals surface area contributed by atoms with Crippen molar-refractivity contribution in [1.29, 1.82) is 0 Å². The third kappa shape index (κ3) is 5.61. The fourth-order valence-corrected chi connectivity index (χ4v) is 2.83. The second-order valence-electron chi connectivity index (χ2n) is 5.29. The smallest absolute Gasteiger partial charge is 0.261 e. The van der Waals surface area contributed by atoms with Gasteiger partial charge in [0.15, 0.2) is 0 Å². The summed E-state index contributed by atoms with van der Waals surface area (Å²) in [7, 11) is 0. The minimum atomic E-state index is -2.36. The van der Waals surface area contributed by atoms with Gasteiger partial charge in [0.2, 0.25) is 0 Å². The number of rotatable bonds is 8. The number of hydrogen-bond donors (Lipinski definition) is 1. The van der Waals surface area contributed by atoms with Gasteiger partial charge in [0.25, 0.3) is 6.43 Å². The molecule has 0 aliphatic heterocycles. The second-order valence-corrected chi connectivity index (χ2v) is 5.29. The summed E-state index contributed by atoms with van der Waals surface area (Å²) in [6, 6.07) is 0.261. The molecule has 1 aliphatic rings. The second kappa shape index (κ2) is 8.81. The lowest BCUT2D eigenvalue weighted by atomic mass is 9.81. The predicted molar refractivity (Wildman–Crippen MR) is 70.1 cm³/mol. The van der Waals surface area contributed by atoms with E-state index in [0.29, 0.717) is 5.92 Å². The van der Waals surface area contributed by atoms with Crippen LogP contribution in [0, 0.1) is 5.92 Å². The topological polar surface area (TPSA) is 21.3 Å². The van der Waals surface area contributed by atoms with Crippen molar-refractivity contribution in [1.82, 2.24) is 5.32 Å². The van der Waals surface area contributed by atoms with Crippen LogP contribution in [0.5, 0.6) is 0 Å². The maximum Gasteiger partial charge on any atom is 0.261 e. The first-order valence-corrected chi connectivity index (χ1v) is 7.30. The van der Waals surface area contributed by atoms with Crippen molar-refractivity contribution >= 4 is 0 Å². The van der Waals surface area contributed by atoms with E-state index in [-0.39, 0.29) is 12.1 Å². The fourth-order valence-electron chi connectivity index (χ4n) is 2.83. The molecule has 0 spiro atoms. The van der Waals surface area contributed by atoms with Crippen LogP contribution in [0.3, 0.4) is 0 Å². The molecule has 3 atom stereocenters. The normalized spacial score (nSPS) is 28.8. The lowest BCUT2D eigenvalue weighted by Gasteiger charge is -2.36. The molecule has 0 aromatic heterocycles. The summed E-state index contributed by atoms with van der Waals surface area (Å²) >= 11 is 0. The largest absolute Gasteiger partial charge is 0.371 e. The van der Waals surface area contributed by atoms with Gasteiger partial charge in [0.05, 0.1) is 6.10 Å². The molecule has 1 N–H and O–H groups in total. The first kappa shape index (κ1) is 15.8. The van der Waals surface area contributed by atoms with Crippen LogP contribution in [0.4, 0.5) is 8.78 Å². The van der Waals surface area contributed by atoms with Gasteiger partial charge >= 0.3 is 0 Å². The molecular weight excluding hydrogens is 236 g/mol. The van der Waals surface area contributed by atoms with Gasteiger partial charge < -0.3 is 10.1 Å². The molecule has 1 aliphatic carbocycles. The zero-order valence-electron chi connectivity index (χ0n) is 11.6. The van der Waals surface area contributed by atoms with Gasteiger partial charge in [-0.25, -0.2) is 8.78 Å². The Hall–Kier alpha value is -0.220. The predicted octanol–water partition coefficient (Wildman–Crippen LogP) is 3.61. The Morgan fingerprint density at radius 3 is 2.61 bits per heavy atom. The fraction of sp³-hybridized carbons (Fsp3) is 1.00.